The summed E-state index contributed by atoms with van der Waals surface area (Å²) in [5.74, 6) is 0.0251. The lowest BCUT2D eigenvalue weighted by atomic mass is 10.5. The molecular weight excluding hydrogens is 158 g/mol. The van der Waals surface area contributed by atoms with Crippen molar-refractivity contribution < 1.29 is 9.67 Å². The molecule has 0 aromatic carbocycles. The Morgan fingerprint density at radius 1 is 1.67 bits per heavy atom. The van der Waals surface area contributed by atoms with Gasteiger partial charge in [-0.05, 0) is 20.3 Å². The van der Waals surface area contributed by atoms with Gasteiger partial charge in [-0.3, -0.25) is 0 Å². The molecule has 2 nitrogen and oxygen atoms in total. The maximum Gasteiger partial charge on any atom is 0.127 e. The van der Waals surface area contributed by atoms with E-state index in [1.807, 2.05) is 0 Å². The van der Waals surface area contributed by atoms with Crippen LogP contribution >= 0.6 is 18.7 Å². The van der Waals surface area contributed by atoms with Crippen molar-refractivity contribution in [1.29, 1.82) is 0 Å². The Kier molecular flexibility index (Phi) is 2.75. The number of hydrogen-bond acceptors (Lipinski definition) is 2. The first-order chi connectivity index (χ1) is 3.81. The van der Waals surface area contributed by atoms with Crippen molar-refractivity contribution >= 4 is 18.7 Å². The van der Waals surface area contributed by atoms with Gasteiger partial charge >= 0.3 is 0 Å². The molecule has 0 rings (SSSR count). The smallest absolute Gasteiger partial charge is 0.127 e. The largest absolute Gasteiger partial charge is 0.381 e. The van der Waals surface area contributed by atoms with E-state index < -0.39 is 12.5 Å². The van der Waals surface area contributed by atoms with Crippen LogP contribution in [-0.2, 0) is 4.57 Å². The molecule has 0 heterocycles. The van der Waals surface area contributed by atoms with Crippen molar-refractivity contribution in [2.24, 2.45) is 0 Å². The average Bonchev–Trinajstić information content (AvgIpc) is 1.64. The van der Waals surface area contributed by atoms with Crippen LogP contribution in [0, 0.1) is 0 Å². The Hall–Kier alpha value is 0.480. The van der Waals surface area contributed by atoms with Crippen molar-refractivity contribution in [3.05, 3.63) is 0 Å². The van der Waals surface area contributed by atoms with Crippen molar-refractivity contribution in [3.8, 4) is 0 Å². The van der Waals surface area contributed by atoms with Gasteiger partial charge in [0, 0.05) is 0 Å². The molecule has 0 amide bonds. The number of hydrogen-bond donors (Lipinski definition) is 1. The minimum atomic E-state index is -2.45. The molecule has 0 fully saturated rings. The van der Waals surface area contributed by atoms with Crippen molar-refractivity contribution in [1.82, 2.24) is 0 Å². The minimum absolute atomic E-state index is 0.0251. The lowest BCUT2D eigenvalue weighted by Gasteiger charge is -2.24. The minimum Gasteiger partial charge on any atom is -0.381 e. The summed E-state index contributed by atoms with van der Waals surface area (Å²) < 4.78 is 11.1. The number of rotatable bonds is 2. The summed E-state index contributed by atoms with van der Waals surface area (Å²) in [6.07, 6.45) is 0. The zero-order valence-corrected chi connectivity index (χ0v) is 7.54. The third-order valence-corrected chi connectivity index (χ3v) is 4.60. The Morgan fingerprint density at radius 3 is 2.00 bits per heavy atom. The standard InChI is InChI=1S/C5H12ClO2P/c1-5(7,4-6)9(2,3)8/h7H,4H2,1-3H3. The van der Waals surface area contributed by atoms with Gasteiger partial charge in [0.2, 0.25) is 0 Å². The van der Waals surface area contributed by atoms with E-state index in [4.69, 9.17) is 11.6 Å². The summed E-state index contributed by atoms with van der Waals surface area (Å²) in [7, 11) is -2.45. The highest BCUT2D eigenvalue weighted by atomic mass is 35.5. The maximum atomic E-state index is 11.1. The van der Waals surface area contributed by atoms with Crippen LogP contribution in [0.4, 0.5) is 0 Å². The second-order valence-electron chi connectivity index (χ2n) is 2.70. The van der Waals surface area contributed by atoms with Gasteiger partial charge in [0.15, 0.2) is 0 Å². The third kappa shape index (κ3) is 2.29. The number of aliphatic hydroxyl groups is 1. The highest BCUT2D eigenvalue weighted by Crippen LogP contribution is 2.49. The topological polar surface area (TPSA) is 37.3 Å². The molecule has 1 N–H and O–H groups in total. The van der Waals surface area contributed by atoms with E-state index in [2.05, 4.69) is 0 Å². The fourth-order valence-corrected chi connectivity index (χ4v) is 1.30. The van der Waals surface area contributed by atoms with E-state index in [-0.39, 0.29) is 5.88 Å². The van der Waals surface area contributed by atoms with Gasteiger partial charge in [0.1, 0.15) is 12.5 Å². The highest BCUT2D eigenvalue weighted by Gasteiger charge is 2.33. The second-order valence-corrected chi connectivity index (χ2v) is 6.63. The lowest BCUT2D eigenvalue weighted by molar-refractivity contribution is 0.167. The van der Waals surface area contributed by atoms with Crippen LogP contribution in [-0.4, -0.2) is 29.7 Å². The zero-order valence-electron chi connectivity index (χ0n) is 5.89. The van der Waals surface area contributed by atoms with Crippen molar-refractivity contribution in [3.63, 3.8) is 0 Å². The van der Waals surface area contributed by atoms with Crippen molar-refractivity contribution in [2.45, 2.75) is 12.3 Å². The summed E-state index contributed by atoms with van der Waals surface area (Å²) in [5.41, 5.74) is 0. The average molecular weight is 171 g/mol. The zero-order chi connectivity index (χ0) is 7.71. The molecule has 0 saturated heterocycles. The highest BCUT2D eigenvalue weighted by molar-refractivity contribution is 7.63. The predicted octanol–water partition coefficient (Wildman–Crippen LogP) is 1.56. The summed E-state index contributed by atoms with van der Waals surface area (Å²) in [6.45, 7) is 4.53. The number of halogens is 1. The molecule has 0 aromatic rings. The normalized spacial score (nSPS) is 19.2. The van der Waals surface area contributed by atoms with Crippen LogP contribution in [0.2, 0.25) is 0 Å². The fourth-order valence-electron chi connectivity index (χ4n) is 0.144. The molecule has 0 aliphatic heterocycles. The van der Waals surface area contributed by atoms with Gasteiger partial charge in [0.25, 0.3) is 0 Å². The quantitative estimate of drug-likeness (QED) is 0.505. The first kappa shape index (κ1) is 9.48. The van der Waals surface area contributed by atoms with Crippen LogP contribution < -0.4 is 0 Å². The summed E-state index contributed by atoms with van der Waals surface area (Å²) in [6, 6.07) is 0. The van der Waals surface area contributed by atoms with Crippen molar-refractivity contribution in [2.75, 3.05) is 19.2 Å². The van der Waals surface area contributed by atoms with E-state index in [1.165, 1.54) is 20.3 Å². The predicted molar refractivity (Wildman–Crippen MR) is 40.8 cm³/mol. The van der Waals surface area contributed by atoms with Gasteiger partial charge in [-0.15, -0.1) is 11.6 Å². The fraction of sp³-hybridized carbons (Fsp3) is 1.00. The molecule has 9 heavy (non-hydrogen) atoms. The van der Waals surface area contributed by atoms with Gasteiger partial charge < -0.3 is 9.67 Å². The van der Waals surface area contributed by atoms with E-state index in [0.29, 0.717) is 0 Å². The Labute approximate surface area is 60.6 Å². The molecule has 56 valence electrons. The monoisotopic (exact) mass is 170 g/mol. The molecule has 0 saturated carbocycles. The first-order valence-corrected chi connectivity index (χ1v) is 5.78. The van der Waals surface area contributed by atoms with Crippen LogP contribution in [0.3, 0.4) is 0 Å². The summed E-state index contributed by atoms with van der Waals surface area (Å²) in [5, 5.41) is 8.06. The maximum absolute atomic E-state index is 11.1. The summed E-state index contributed by atoms with van der Waals surface area (Å²) >= 11 is 5.36. The molecule has 1 atom stereocenters. The van der Waals surface area contributed by atoms with Crippen LogP contribution in [0.1, 0.15) is 6.92 Å². The molecule has 0 aliphatic carbocycles. The Morgan fingerprint density at radius 2 is 2.00 bits per heavy atom. The van der Waals surface area contributed by atoms with E-state index in [1.54, 1.807) is 0 Å². The SMILES string of the molecule is CC(O)(CCl)P(C)(C)=O. The molecule has 1 unspecified atom stereocenters. The van der Waals surface area contributed by atoms with Crippen LogP contribution in [0.5, 0.6) is 0 Å². The Bertz CT molecular complexity index is 138. The first-order valence-electron chi connectivity index (χ1n) is 2.65. The van der Waals surface area contributed by atoms with Gasteiger partial charge in [-0.1, -0.05) is 0 Å². The molecule has 0 aromatic heterocycles. The molecule has 0 radical (unpaired) electrons. The summed E-state index contributed by atoms with van der Waals surface area (Å²) in [4.78, 5) is 0. The van der Waals surface area contributed by atoms with Gasteiger partial charge in [-0.2, -0.15) is 0 Å². The van der Waals surface area contributed by atoms with E-state index >= 15 is 0 Å². The molecular formula is C5H12ClO2P. The molecule has 0 aliphatic rings. The van der Waals surface area contributed by atoms with Crippen LogP contribution in [0.25, 0.3) is 0 Å². The number of alkyl halides is 1. The van der Waals surface area contributed by atoms with Gasteiger partial charge in [-0.25, -0.2) is 0 Å². The second kappa shape index (κ2) is 2.61. The van der Waals surface area contributed by atoms with E-state index in [9.17, 15) is 9.67 Å². The van der Waals surface area contributed by atoms with Gasteiger partial charge in [0.05, 0.1) is 5.88 Å². The van der Waals surface area contributed by atoms with E-state index in [0.717, 1.165) is 0 Å². The third-order valence-electron chi connectivity index (χ3n) is 1.41. The Balaban J connectivity index is 4.34. The van der Waals surface area contributed by atoms with Crippen LogP contribution in [0.15, 0.2) is 0 Å². The lowest BCUT2D eigenvalue weighted by Crippen LogP contribution is -2.25. The molecule has 4 heteroatoms. The molecule has 0 bridgehead atoms. The molecule has 0 spiro atoms.